The molecule has 0 bridgehead atoms. The number of carbonyl (C=O) groups excluding carboxylic acids is 3. The van der Waals surface area contributed by atoms with Crippen LogP contribution in [0, 0.1) is 5.82 Å². The highest BCUT2D eigenvalue weighted by Crippen LogP contribution is 2.26. The van der Waals surface area contributed by atoms with Crippen LogP contribution >= 0.6 is 0 Å². The molecule has 10 nitrogen and oxygen atoms in total. The van der Waals surface area contributed by atoms with Crippen molar-refractivity contribution in [3.05, 3.63) is 54.0 Å². The number of aromatic nitrogens is 2. The van der Waals surface area contributed by atoms with Crippen LogP contribution in [-0.2, 0) is 32.5 Å². The van der Waals surface area contributed by atoms with Gasteiger partial charge in [0.1, 0.15) is 17.5 Å². The highest BCUT2D eigenvalue weighted by Gasteiger charge is 2.32. The lowest BCUT2D eigenvalue weighted by Crippen LogP contribution is -2.52. The summed E-state index contributed by atoms with van der Waals surface area (Å²) < 4.78 is 27.9. The monoisotopic (exact) mass is 539 g/mol. The van der Waals surface area contributed by atoms with E-state index in [9.17, 15) is 14.4 Å². The first-order chi connectivity index (χ1) is 18.4. The van der Waals surface area contributed by atoms with Gasteiger partial charge in [0.05, 0.1) is 18.3 Å². The second-order valence-corrected chi connectivity index (χ2v) is 10.7. The molecule has 0 spiro atoms. The zero-order valence-electron chi connectivity index (χ0n) is 22.6. The van der Waals surface area contributed by atoms with Gasteiger partial charge in [-0.1, -0.05) is 24.3 Å². The highest BCUT2D eigenvalue weighted by atomic mass is 19.1. The van der Waals surface area contributed by atoms with Gasteiger partial charge in [-0.2, -0.15) is 5.10 Å². The first kappa shape index (κ1) is 28.0. The fraction of sp³-hybridized carbons (Fsp3) is 0.429. The van der Waals surface area contributed by atoms with Crippen LogP contribution in [0.3, 0.4) is 0 Å². The molecule has 0 saturated carbocycles. The van der Waals surface area contributed by atoms with Crippen molar-refractivity contribution >= 4 is 28.8 Å². The summed E-state index contributed by atoms with van der Waals surface area (Å²) in [7, 11) is 1.84. The summed E-state index contributed by atoms with van der Waals surface area (Å²) in [5.74, 6) is -1.96. The number of nitrogens with one attached hydrogen (secondary N) is 1. The Morgan fingerprint density at radius 2 is 1.92 bits per heavy atom. The number of ether oxygens (including phenoxy) is 2. The minimum Gasteiger partial charge on any atom is -0.444 e. The number of nitrogens with zero attached hydrogens (tertiary/aromatic N) is 3. The van der Waals surface area contributed by atoms with Crippen LogP contribution in [0.25, 0.3) is 22.0 Å². The smallest absolute Gasteiger partial charge is 0.410 e. The molecule has 208 valence electrons. The fourth-order valence-corrected chi connectivity index (χ4v) is 4.40. The average Bonchev–Trinajstić information content (AvgIpc) is 3.07. The molecule has 3 aromatic rings. The normalized spacial score (nSPS) is 16.9. The Labute approximate surface area is 226 Å². The number of benzene rings is 2. The van der Waals surface area contributed by atoms with E-state index in [1.54, 1.807) is 43.8 Å². The predicted molar refractivity (Wildman–Crippen MR) is 143 cm³/mol. The van der Waals surface area contributed by atoms with Crippen molar-refractivity contribution in [3.8, 4) is 11.1 Å². The summed E-state index contributed by atoms with van der Waals surface area (Å²) in [6.07, 6.45) is 0.554. The van der Waals surface area contributed by atoms with Crippen molar-refractivity contribution in [2.75, 3.05) is 19.7 Å². The summed E-state index contributed by atoms with van der Waals surface area (Å²) in [6.45, 7) is 5.84. The molecular formula is C28H34FN5O5. The van der Waals surface area contributed by atoms with E-state index >= 15 is 4.39 Å². The van der Waals surface area contributed by atoms with Gasteiger partial charge in [0.15, 0.2) is 6.10 Å². The Morgan fingerprint density at radius 1 is 1.21 bits per heavy atom. The molecule has 1 aliphatic rings. The van der Waals surface area contributed by atoms with Gasteiger partial charge in [-0.05, 0) is 56.0 Å². The molecule has 2 atom stereocenters. The molecular weight excluding hydrogens is 505 g/mol. The molecule has 1 aliphatic heterocycles. The minimum absolute atomic E-state index is 0.0453. The first-order valence-electron chi connectivity index (χ1n) is 12.8. The number of hydrogen-bond donors (Lipinski definition) is 2. The highest BCUT2D eigenvalue weighted by molar-refractivity contribution is 5.89. The predicted octanol–water partition coefficient (Wildman–Crippen LogP) is 2.92. The summed E-state index contributed by atoms with van der Waals surface area (Å²) in [5, 5.41) is 7.78. The number of amides is 3. The number of halogens is 1. The molecule has 1 fully saturated rings. The van der Waals surface area contributed by atoms with Crippen LogP contribution in [0.1, 0.15) is 32.8 Å². The van der Waals surface area contributed by atoms with Gasteiger partial charge in [0, 0.05) is 32.0 Å². The lowest BCUT2D eigenvalue weighted by molar-refractivity contribution is -0.136. The lowest BCUT2D eigenvalue weighted by Gasteiger charge is -2.28. The molecule has 0 radical (unpaired) electrons. The molecule has 4 rings (SSSR count). The number of carbonyl (C=O) groups is 3. The number of fused-ring (bicyclic) bond motifs is 1. The van der Waals surface area contributed by atoms with Crippen molar-refractivity contribution in [2.45, 2.75) is 51.4 Å². The lowest BCUT2D eigenvalue weighted by atomic mass is 9.99. The summed E-state index contributed by atoms with van der Waals surface area (Å²) >= 11 is 0. The largest absolute Gasteiger partial charge is 0.444 e. The number of primary amides is 1. The quantitative estimate of drug-likeness (QED) is 0.496. The van der Waals surface area contributed by atoms with E-state index in [4.69, 9.17) is 15.2 Å². The topological polar surface area (TPSA) is 129 Å². The SMILES string of the molecule is Cn1ncc2ccc(-c3ccc(C[C@H](NC(=O)[C@@H]4CN(C(=O)OC(C)(C)C)CCCO4)C(N)=O)c(F)c3)cc21. The zero-order chi connectivity index (χ0) is 28.3. The molecule has 0 aliphatic carbocycles. The second kappa shape index (κ2) is 11.4. The van der Waals surface area contributed by atoms with Crippen LogP contribution < -0.4 is 11.1 Å². The van der Waals surface area contributed by atoms with Gasteiger partial charge in [-0.3, -0.25) is 14.3 Å². The molecule has 39 heavy (non-hydrogen) atoms. The van der Waals surface area contributed by atoms with Crippen molar-refractivity contribution in [1.82, 2.24) is 20.0 Å². The maximum atomic E-state index is 15.1. The Balaban J connectivity index is 1.45. The molecule has 11 heteroatoms. The number of rotatable bonds is 6. The van der Waals surface area contributed by atoms with E-state index in [1.807, 2.05) is 25.2 Å². The van der Waals surface area contributed by atoms with Crippen molar-refractivity contribution in [1.29, 1.82) is 0 Å². The van der Waals surface area contributed by atoms with Crippen LogP contribution in [0.15, 0.2) is 42.6 Å². The van der Waals surface area contributed by atoms with E-state index in [1.165, 1.54) is 11.0 Å². The molecule has 3 amide bonds. The molecule has 3 N–H and O–H groups in total. The molecule has 2 heterocycles. The standard InChI is InChI=1S/C28H34FN5O5/c1-28(2,3)39-27(37)34-10-5-11-38-24(16-34)26(36)32-22(25(30)35)13-19-8-6-17(12-21(19)29)18-7-9-20-15-31-33(4)23(20)14-18/h6-9,12,14-15,22,24H,5,10-11,13,16H2,1-4H3,(H2,30,35)(H,32,36)/t22-,24-/m0/s1. The average molecular weight is 540 g/mol. The van der Waals surface area contributed by atoms with E-state index in [0.29, 0.717) is 18.5 Å². The summed E-state index contributed by atoms with van der Waals surface area (Å²) in [5.41, 5.74) is 7.48. The van der Waals surface area contributed by atoms with Gasteiger partial charge in [0.25, 0.3) is 5.91 Å². The Kier molecular flexibility index (Phi) is 8.19. The van der Waals surface area contributed by atoms with Crippen LogP contribution in [0.5, 0.6) is 0 Å². The molecule has 1 saturated heterocycles. The third-order valence-electron chi connectivity index (χ3n) is 6.44. The van der Waals surface area contributed by atoms with Gasteiger partial charge < -0.3 is 25.4 Å². The van der Waals surface area contributed by atoms with E-state index in [-0.39, 0.29) is 25.1 Å². The van der Waals surface area contributed by atoms with Gasteiger partial charge in [-0.15, -0.1) is 0 Å². The zero-order valence-corrected chi connectivity index (χ0v) is 22.6. The maximum absolute atomic E-state index is 15.1. The van der Waals surface area contributed by atoms with E-state index in [2.05, 4.69) is 10.4 Å². The number of hydrogen-bond acceptors (Lipinski definition) is 6. The van der Waals surface area contributed by atoms with E-state index in [0.717, 1.165) is 16.5 Å². The molecule has 1 aromatic heterocycles. The molecule has 0 unspecified atom stereocenters. The minimum atomic E-state index is -1.18. The van der Waals surface area contributed by atoms with Gasteiger partial charge >= 0.3 is 6.09 Å². The second-order valence-electron chi connectivity index (χ2n) is 10.7. The van der Waals surface area contributed by atoms with Crippen molar-refractivity contribution in [2.24, 2.45) is 12.8 Å². The van der Waals surface area contributed by atoms with Gasteiger partial charge in [0.2, 0.25) is 5.91 Å². The van der Waals surface area contributed by atoms with Gasteiger partial charge in [-0.25, -0.2) is 9.18 Å². The fourth-order valence-electron chi connectivity index (χ4n) is 4.40. The number of nitrogens with two attached hydrogens (primary N) is 1. The van der Waals surface area contributed by atoms with Crippen LogP contribution in [0.2, 0.25) is 0 Å². The van der Waals surface area contributed by atoms with E-state index < -0.39 is 41.5 Å². The van der Waals surface area contributed by atoms with Crippen molar-refractivity contribution < 1.29 is 28.2 Å². The van der Waals surface area contributed by atoms with Crippen LogP contribution in [-0.4, -0.2) is 70.0 Å². The maximum Gasteiger partial charge on any atom is 0.410 e. The Bertz CT molecular complexity index is 1380. The van der Waals surface area contributed by atoms with Crippen molar-refractivity contribution in [3.63, 3.8) is 0 Å². The Morgan fingerprint density at radius 3 is 2.62 bits per heavy atom. The number of aryl methyl sites for hydroxylation is 1. The third kappa shape index (κ3) is 6.91. The Hall–Kier alpha value is -3.99. The summed E-state index contributed by atoms with van der Waals surface area (Å²) in [4.78, 5) is 39.2. The molecule has 2 aromatic carbocycles. The van der Waals surface area contributed by atoms with Crippen LogP contribution in [0.4, 0.5) is 9.18 Å². The third-order valence-corrected chi connectivity index (χ3v) is 6.44. The first-order valence-corrected chi connectivity index (χ1v) is 12.8. The summed E-state index contributed by atoms with van der Waals surface area (Å²) in [6, 6.07) is 9.27.